The smallest absolute Gasteiger partial charge is 0.223 e. The normalized spacial score (nSPS) is 17.6. The lowest BCUT2D eigenvalue weighted by molar-refractivity contribution is -0.133. The molecule has 1 atom stereocenters. The summed E-state index contributed by atoms with van der Waals surface area (Å²) in [5.41, 5.74) is 2.88. The van der Waals surface area contributed by atoms with Gasteiger partial charge < -0.3 is 9.80 Å². The molecule has 2 aromatic rings. The highest BCUT2D eigenvalue weighted by atomic mass is 32.2. The molecular weight excluding hydrogens is 438 g/mol. The van der Waals surface area contributed by atoms with Gasteiger partial charge in [0.05, 0.1) is 10.1 Å². The van der Waals surface area contributed by atoms with Gasteiger partial charge in [0.2, 0.25) is 11.8 Å². The predicted molar refractivity (Wildman–Crippen MR) is 128 cm³/mol. The van der Waals surface area contributed by atoms with Crippen LogP contribution >= 0.6 is 0 Å². The molecule has 33 heavy (non-hydrogen) atoms. The second kappa shape index (κ2) is 9.65. The van der Waals surface area contributed by atoms with E-state index >= 15 is 0 Å². The number of hydrogen-bond acceptors (Lipinski definition) is 5. The first kappa shape index (κ1) is 23.4. The van der Waals surface area contributed by atoms with Crippen LogP contribution in [0.4, 0.5) is 5.69 Å². The van der Waals surface area contributed by atoms with Gasteiger partial charge in [-0.3, -0.25) is 14.5 Å². The molecule has 0 saturated carbocycles. The first-order valence-electron chi connectivity index (χ1n) is 11.4. The summed E-state index contributed by atoms with van der Waals surface area (Å²) in [5, 5.41) is -0.810. The molecule has 8 heteroatoms. The van der Waals surface area contributed by atoms with Crippen molar-refractivity contribution in [3.63, 3.8) is 0 Å². The zero-order valence-electron chi connectivity index (χ0n) is 19.2. The first-order valence-corrected chi connectivity index (χ1v) is 13.0. The first-order chi connectivity index (χ1) is 15.8. The number of carbonyl (C=O) groups is 2. The molecule has 0 radical (unpaired) electrons. The van der Waals surface area contributed by atoms with E-state index in [0.29, 0.717) is 26.1 Å². The standard InChI is InChI=1S/C25H31N3O4S/c1-19(33(31,32)23-8-9-24-22(17-23)10-11-28(24)20(2)29)16-25(30)27-14-12-26(13-15-27)18-21-6-4-3-5-7-21/h3-9,17,19H,10-16,18H2,1-2H3/t19-/m0/s1. The average molecular weight is 470 g/mol. The van der Waals surface area contributed by atoms with Crippen molar-refractivity contribution >= 4 is 27.3 Å². The molecule has 2 aromatic carbocycles. The van der Waals surface area contributed by atoms with Crippen molar-refractivity contribution in [1.82, 2.24) is 9.80 Å². The van der Waals surface area contributed by atoms with Crippen molar-refractivity contribution < 1.29 is 18.0 Å². The molecule has 0 spiro atoms. The molecule has 2 heterocycles. The van der Waals surface area contributed by atoms with Crippen LogP contribution in [0.5, 0.6) is 0 Å². The second-order valence-electron chi connectivity index (χ2n) is 8.91. The summed E-state index contributed by atoms with van der Waals surface area (Å²) in [4.78, 5) is 30.6. The van der Waals surface area contributed by atoms with Gasteiger partial charge in [-0.25, -0.2) is 8.42 Å². The number of nitrogens with zero attached hydrogens (tertiary/aromatic N) is 3. The molecule has 7 nitrogen and oxygen atoms in total. The third-order valence-corrected chi connectivity index (χ3v) is 8.76. The van der Waals surface area contributed by atoms with Gasteiger partial charge in [-0.2, -0.15) is 0 Å². The van der Waals surface area contributed by atoms with Gasteiger partial charge in [-0.15, -0.1) is 0 Å². The Morgan fingerprint density at radius 1 is 0.970 bits per heavy atom. The minimum absolute atomic E-state index is 0.0301. The third kappa shape index (κ3) is 5.12. The van der Waals surface area contributed by atoms with Crippen LogP contribution in [0.25, 0.3) is 0 Å². The van der Waals surface area contributed by atoms with Crippen molar-refractivity contribution in [2.75, 3.05) is 37.6 Å². The van der Waals surface area contributed by atoms with Gasteiger partial charge in [-0.05, 0) is 42.7 Å². The topological polar surface area (TPSA) is 78.0 Å². The molecule has 0 unspecified atom stereocenters. The Hall–Kier alpha value is -2.71. The maximum absolute atomic E-state index is 13.2. The molecule has 0 aromatic heterocycles. The van der Waals surface area contributed by atoms with Crippen molar-refractivity contribution in [1.29, 1.82) is 0 Å². The largest absolute Gasteiger partial charge is 0.340 e. The molecule has 2 aliphatic heterocycles. The Morgan fingerprint density at radius 2 is 1.67 bits per heavy atom. The van der Waals surface area contributed by atoms with Gasteiger partial charge in [0.15, 0.2) is 9.84 Å². The summed E-state index contributed by atoms with van der Waals surface area (Å²) in [6, 6.07) is 15.2. The van der Waals surface area contributed by atoms with Crippen LogP contribution in [0.1, 0.15) is 31.4 Å². The zero-order valence-corrected chi connectivity index (χ0v) is 20.1. The summed E-state index contributed by atoms with van der Waals surface area (Å²) in [6.45, 7) is 7.31. The Bertz CT molecular complexity index is 1130. The van der Waals surface area contributed by atoms with E-state index in [2.05, 4.69) is 17.0 Å². The number of rotatable bonds is 6. The lowest BCUT2D eigenvalue weighted by Crippen LogP contribution is -2.49. The maximum Gasteiger partial charge on any atom is 0.223 e. The number of hydrogen-bond donors (Lipinski definition) is 0. The lowest BCUT2D eigenvalue weighted by atomic mass is 10.2. The van der Waals surface area contributed by atoms with Crippen molar-refractivity contribution in [2.24, 2.45) is 0 Å². The highest BCUT2D eigenvalue weighted by Gasteiger charge is 2.31. The summed E-state index contributed by atoms with van der Waals surface area (Å²) in [6.07, 6.45) is 0.608. The van der Waals surface area contributed by atoms with E-state index in [4.69, 9.17) is 0 Å². The SMILES string of the molecule is CC(=O)N1CCc2cc(S(=O)(=O)[C@@H](C)CC(=O)N3CCN(Cc4ccccc4)CC3)ccc21. The van der Waals surface area contributed by atoms with E-state index in [1.165, 1.54) is 12.5 Å². The van der Waals surface area contributed by atoms with Crippen LogP contribution in [0.15, 0.2) is 53.4 Å². The minimum Gasteiger partial charge on any atom is -0.340 e. The van der Waals surface area contributed by atoms with E-state index in [0.717, 1.165) is 30.9 Å². The molecule has 2 amide bonds. The van der Waals surface area contributed by atoms with Crippen molar-refractivity contribution in [3.8, 4) is 0 Å². The summed E-state index contributed by atoms with van der Waals surface area (Å²) in [7, 11) is -3.64. The molecule has 4 rings (SSSR count). The van der Waals surface area contributed by atoms with Gasteiger partial charge in [-0.1, -0.05) is 30.3 Å². The van der Waals surface area contributed by atoms with E-state index in [1.54, 1.807) is 34.9 Å². The molecule has 176 valence electrons. The molecule has 0 aliphatic carbocycles. The molecular formula is C25H31N3O4S. The summed E-state index contributed by atoms with van der Waals surface area (Å²) in [5.74, 6) is -0.165. The second-order valence-corrected chi connectivity index (χ2v) is 11.3. The molecule has 1 saturated heterocycles. The summed E-state index contributed by atoms with van der Waals surface area (Å²) < 4.78 is 26.3. The molecule has 1 fully saturated rings. The van der Waals surface area contributed by atoms with Crippen molar-refractivity contribution in [3.05, 3.63) is 59.7 Å². The van der Waals surface area contributed by atoms with Gasteiger partial charge >= 0.3 is 0 Å². The lowest BCUT2D eigenvalue weighted by Gasteiger charge is -2.35. The van der Waals surface area contributed by atoms with E-state index in [-0.39, 0.29) is 23.1 Å². The maximum atomic E-state index is 13.2. The number of benzene rings is 2. The number of carbonyl (C=O) groups excluding carboxylic acids is 2. The fourth-order valence-corrected chi connectivity index (χ4v) is 5.99. The molecule has 2 aliphatic rings. The van der Waals surface area contributed by atoms with Crippen LogP contribution < -0.4 is 4.90 Å². The zero-order chi connectivity index (χ0) is 23.6. The van der Waals surface area contributed by atoms with Crippen LogP contribution in [0.3, 0.4) is 0 Å². The average Bonchev–Trinajstić information content (AvgIpc) is 3.24. The fourth-order valence-electron chi connectivity index (χ4n) is 4.60. The van der Waals surface area contributed by atoms with Gasteiger partial charge in [0, 0.05) is 58.3 Å². The number of fused-ring (bicyclic) bond motifs is 1. The number of amides is 2. The number of anilines is 1. The van der Waals surface area contributed by atoms with E-state index < -0.39 is 15.1 Å². The Balaban J connectivity index is 1.34. The van der Waals surface area contributed by atoms with Gasteiger partial charge in [0.1, 0.15) is 0 Å². The highest BCUT2D eigenvalue weighted by Crippen LogP contribution is 2.31. The van der Waals surface area contributed by atoms with Crippen LogP contribution in [0, 0.1) is 0 Å². The summed E-state index contributed by atoms with van der Waals surface area (Å²) >= 11 is 0. The third-order valence-electron chi connectivity index (χ3n) is 6.62. The Kier molecular flexibility index (Phi) is 6.86. The van der Waals surface area contributed by atoms with Crippen LogP contribution in [-0.4, -0.2) is 68.0 Å². The molecule has 0 N–H and O–H groups in total. The van der Waals surface area contributed by atoms with E-state index in [9.17, 15) is 18.0 Å². The van der Waals surface area contributed by atoms with E-state index in [1.807, 2.05) is 18.2 Å². The quantitative estimate of drug-likeness (QED) is 0.650. The molecule has 0 bridgehead atoms. The minimum atomic E-state index is -3.64. The van der Waals surface area contributed by atoms with Gasteiger partial charge in [0.25, 0.3) is 0 Å². The highest BCUT2D eigenvalue weighted by molar-refractivity contribution is 7.92. The monoisotopic (exact) mass is 469 g/mol. The number of piperazine rings is 1. The predicted octanol–water partition coefficient (Wildman–Crippen LogP) is 2.49. The van der Waals surface area contributed by atoms with Crippen molar-refractivity contribution in [2.45, 2.75) is 43.4 Å². The number of sulfone groups is 1. The fraction of sp³-hybridized carbons (Fsp3) is 0.440. The van der Waals surface area contributed by atoms with Crippen LogP contribution in [0.2, 0.25) is 0 Å². The van der Waals surface area contributed by atoms with Crippen LogP contribution in [-0.2, 0) is 32.4 Å². The Morgan fingerprint density at radius 3 is 2.33 bits per heavy atom. The Labute approximate surface area is 195 Å².